The summed E-state index contributed by atoms with van der Waals surface area (Å²) >= 11 is 0. The SMILES string of the molecule is CC(=O)Nc1c(C)c[c]cc1C. The maximum absolute atomic E-state index is 10.8. The van der Waals surface area contributed by atoms with Gasteiger partial charge in [0, 0.05) is 12.6 Å². The molecule has 0 heterocycles. The zero-order valence-electron chi connectivity index (χ0n) is 7.56. The van der Waals surface area contributed by atoms with Gasteiger partial charge in [0.2, 0.25) is 5.91 Å². The molecule has 0 spiro atoms. The molecule has 0 aliphatic heterocycles. The van der Waals surface area contributed by atoms with E-state index in [-0.39, 0.29) is 5.91 Å². The molecular weight excluding hydrogens is 150 g/mol. The molecule has 0 unspecified atom stereocenters. The molecule has 2 heteroatoms. The Bertz CT molecular complexity index is 284. The summed E-state index contributed by atoms with van der Waals surface area (Å²) < 4.78 is 0. The Balaban J connectivity index is 3.04. The van der Waals surface area contributed by atoms with Crippen LogP contribution in [0.25, 0.3) is 0 Å². The summed E-state index contributed by atoms with van der Waals surface area (Å²) in [5, 5.41) is 2.78. The zero-order chi connectivity index (χ0) is 9.14. The number of carbonyl (C=O) groups is 1. The van der Waals surface area contributed by atoms with Crippen molar-refractivity contribution in [2.24, 2.45) is 0 Å². The first kappa shape index (κ1) is 8.78. The molecule has 2 nitrogen and oxygen atoms in total. The second-order valence-corrected chi connectivity index (χ2v) is 2.88. The Hall–Kier alpha value is -1.31. The highest BCUT2D eigenvalue weighted by Gasteiger charge is 2.02. The third-order valence-electron chi connectivity index (χ3n) is 1.69. The second-order valence-electron chi connectivity index (χ2n) is 2.88. The van der Waals surface area contributed by atoms with Crippen molar-refractivity contribution in [1.82, 2.24) is 0 Å². The van der Waals surface area contributed by atoms with Crippen molar-refractivity contribution < 1.29 is 4.79 Å². The topological polar surface area (TPSA) is 29.1 Å². The van der Waals surface area contributed by atoms with Gasteiger partial charge < -0.3 is 5.32 Å². The maximum atomic E-state index is 10.8. The number of rotatable bonds is 1. The van der Waals surface area contributed by atoms with Gasteiger partial charge in [0.1, 0.15) is 0 Å². The van der Waals surface area contributed by atoms with Gasteiger partial charge in [0.05, 0.1) is 0 Å². The molecule has 0 saturated carbocycles. The summed E-state index contributed by atoms with van der Waals surface area (Å²) in [5.74, 6) is -0.0348. The van der Waals surface area contributed by atoms with Crippen molar-refractivity contribution in [3.8, 4) is 0 Å². The monoisotopic (exact) mass is 162 g/mol. The molecular formula is C10H12NO. The van der Waals surface area contributed by atoms with Gasteiger partial charge in [0.15, 0.2) is 0 Å². The first-order chi connectivity index (χ1) is 5.61. The van der Waals surface area contributed by atoms with E-state index in [1.165, 1.54) is 6.92 Å². The first-order valence-corrected chi connectivity index (χ1v) is 3.86. The average Bonchev–Trinajstić information content (AvgIpc) is 1.97. The minimum atomic E-state index is -0.0348. The van der Waals surface area contributed by atoms with E-state index in [2.05, 4.69) is 11.4 Å². The molecule has 0 aromatic heterocycles. The van der Waals surface area contributed by atoms with E-state index >= 15 is 0 Å². The lowest BCUT2D eigenvalue weighted by atomic mass is 10.1. The summed E-state index contributed by atoms with van der Waals surface area (Å²) in [5.41, 5.74) is 3.00. The van der Waals surface area contributed by atoms with E-state index in [1.54, 1.807) is 0 Å². The minimum Gasteiger partial charge on any atom is -0.326 e. The van der Waals surface area contributed by atoms with Crippen LogP contribution in [0, 0.1) is 19.9 Å². The van der Waals surface area contributed by atoms with Crippen LogP contribution >= 0.6 is 0 Å². The number of hydrogen-bond acceptors (Lipinski definition) is 1. The standard InChI is InChI=1S/C10H12NO/c1-7-5-4-6-8(2)10(7)11-9(3)12/h5-6H,1-3H3,(H,11,12). The van der Waals surface area contributed by atoms with Gasteiger partial charge >= 0.3 is 0 Å². The molecule has 1 aromatic rings. The first-order valence-electron chi connectivity index (χ1n) is 3.86. The predicted molar refractivity (Wildman–Crippen MR) is 49.1 cm³/mol. The van der Waals surface area contributed by atoms with Gasteiger partial charge in [-0.05, 0) is 43.2 Å². The van der Waals surface area contributed by atoms with Gasteiger partial charge in [-0.25, -0.2) is 0 Å². The zero-order valence-corrected chi connectivity index (χ0v) is 7.56. The summed E-state index contributed by atoms with van der Waals surface area (Å²) in [7, 11) is 0. The number of hydrogen-bond donors (Lipinski definition) is 1. The lowest BCUT2D eigenvalue weighted by molar-refractivity contribution is -0.114. The van der Waals surface area contributed by atoms with Crippen molar-refractivity contribution in [1.29, 1.82) is 0 Å². The molecule has 0 bridgehead atoms. The molecule has 0 fully saturated rings. The predicted octanol–water partition coefficient (Wildman–Crippen LogP) is 2.06. The number of amides is 1. The van der Waals surface area contributed by atoms with E-state index in [4.69, 9.17) is 0 Å². The van der Waals surface area contributed by atoms with Crippen LogP contribution in [0.5, 0.6) is 0 Å². The number of carbonyl (C=O) groups excluding carboxylic acids is 1. The molecule has 0 saturated heterocycles. The molecule has 0 atom stereocenters. The van der Waals surface area contributed by atoms with Crippen molar-refractivity contribution in [3.63, 3.8) is 0 Å². The van der Waals surface area contributed by atoms with Crippen molar-refractivity contribution in [2.45, 2.75) is 20.8 Å². The van der Waals surface area contributed by atoms with Crippen molar-refractivity contribution in [3.05, 3.63) is 29.3 Å². The summed E-state index contributed by atoms with van der Waals surface area (Å²) in [4.78, 5) is 10.8. The highest BCUT2D eigenvalue weighted by molar-refractivity contribution is 5.90. The normalized spacial score (nSPS) is 9.58. The van der Waals surface area contributed by atoms with Gasteiger partial charge in [0.25, 0.3) is 0 Å². The molecule has 12 heavy (non-hydrogen) atoms. The number of nitrogens with one attached hydrogen (secondary N) is 1. The molecule has 1 N–H and O–H groups in total. The minimum absolute atomic E-state index is 0.0348. The quantitative estimate of drug-likeness (QED) is 0.672. The van der Waals surface area contributed by atoms with Crippen LogP contribution in [0.2, 0.25) is 0 Å². The van der Waals surface area contributed by atoms with E-state index in [9.17, 15) is 4.79 Å². The number of anilines is 1. The fourth-order valence-electron chi connectivity index (χ4n) is 1.12. The van der Waals surface area contributed by atoms with Crippen LogP contribution < -0.4 is 5.32 Å². The van der Waals surface area contributed by atoms with Crippen molar-refractivity contribution >= 4 is 11.6 Å². The van der Waals surface area contributed by atoms with E-state index in [0.717, 1.165) is 16.8 Å². The molecule has 1 radical (unpaired) electrons. The molecule has 1 rings (SSSR count). The Kier molecular flexibility index (Phi) is 2.48. The van der Waals surface area contributed by atoms with Gasteiger partial charge in [-0.3, -0.25) is 4.79 Å². The molecule has 1 amide bonds. The highest BCUT2D eigenvalue weighted by Crippen LogP contribution is 2.18. The fraction of sp³-hybridized carbons (Fsp3) is 0.300. The van der Waals surface area contributed by atoms with Crippen LogP contribution in [0.3, 0.4) is 0 Å². The molecule has 0 aliphatic rings. The van der Waals surface area contributed by atoms with Crippen LogP contribution in [0.4, 0.5) is 5.69 Å². The number of benzene rings is 1. The average molecular weight is 162 g/mol. The Morgan fingerprint density at radius 3 is 2.25 bits per heavy atom. The van der Waals surface area contributed by atoms with Crippen LogP contribution in [0.1, 0.15) is 18.1 Å². The highest BCUT2D eigenvalue weighted by atomic mass is 16.1. The Labute approximate surface area is 72.6 Å². The summed E-state index contributed by atoms with van der Waals surface area (Å²) in [6.07, 6.45) is 0. The number of aryl methyl sites for hydroxylation is 2. The van der Waals surface area contributed by atoms with E-state index in [1.807, 2.05) is 26.0 Å². The second kappa shape index (κ2) is 3.39. The smallest absolute Gasteiger partial charge is 0.221 e. The third-order valence-corrected chi connectivity index (χ3v) is 1.69. The summed E-state index contributed by atoms with van der Waals surface area (Å²) in [6.45, 7) is 5.42. The largest absolute Gasteiger partial charge is 0.326 e. The Morgan fingerprint density at radius 1 is 1.33 bits per heavy atom. The molecule has 0 aliphatic carbocycles. The van der Waals surface area contributed by atoms with Crippen LogP contribution in [-0.2, 0) is 4.79 Å². The van der Waals surface area contributed by atoms with Crippen molar-refractivity contribution in [2.75, 3.05) is 5.32 Å². The van der Waals surface area contributed by atoms with Gasteiger partial charge in [-0.15, -0.1) is 0 Å². The fourth-order valence-corrected chi connectivity index (χ4v) is 1.12. The maximum Gasteiger partial charge on any atom is 0.221 e. The lowest BCUT2D eigenvalue weighted by Crippen LogP contribution is -2.08. The van der Waals surface area contributed by atoms with E-state index < -0.39 is 0 Å². The van der Waals surface area contributed by atoms with E-state index in [0.29, 0.717) is 0 Å². The summed E-state index contributed by atoms with van der Waals surface area (Å²) in [6, 6.07) is 6.71. The molecule has 63 valence electrons. The van der Waals surface area contributed by atoms with Gasteiger partial charge in [-0.1, -0.05) is 0 Å². The Morgan fingerprint density at radius 2 is 1.83 bits per heavy atom. The lowest BCUT2D eigenvalue weighted by Gasteiger charge is -2.08. The van der Waals surface area contributed by atoms with Crippen LogP contribution in [0.15, 0.2) is 12.1 Å². The third kappa shape index (κ3) is 1.84. The van der Waals surface area contributed by atoms with Gasteiger partial charge in [-0.2, -0.15) is 0 Å². The molecule has 1 aromatic carbocycles. The van der Waals surface area contributed by atoms with Crippen LogP contribution in [-0.4, -0.2) is 5.91 Å².